The van der Waals surface area contributed by atoms with Crippen LogP contribution in [-0.4, -0.2) is 46.7 Å². The molecule has 0 spiro atoms. The van der Waals surface area contributed by atoms with Crippen LogP contribution in [0, 0.1) is 11.8 Å². The number of nitrogens with zero attached hydrogens (tertiary/aromatic N) is 1. The Morgan fingerprint density at radius 3 is 2.41 bits per heavy atom. The molecule has 1 aliphatic rings. The summed E-state index contributed by atoms with van der Waals surface area (Å²) in [5.74, 6) is -3.70. The third-order valence-electron chi connectivity index (χ3n) is 2.99. The maximum Gasteiger partial charge on any atom is 0.308 e. The van der Waals surface area contributed by atoms with Crippen molar-refractivity contribution in [1.82, 2.24) is 4.90 Å². The van der Waals surface area contributed by atoms with Gasteiger partial charge in [-0.2, -0.15) is 0 Å². The maximum atomic E-state index is 11.0. The van der Waals surface area contributed by atoms with E-state index in [1.165, 1.54) is 5.54 Å². The Balaban J connectivity index is 2.68. The highest BCUT2D eigenvalue weighted by atomic mass is 35.5. The molecule has 0 saturated carbocycles. The van der Waals surface area contributed by atoms with Gasteiger partial charge in [-0.05, 0) is 25.5 Å². The molecule has 1 saturated heterocycles. The van der Waals surface area contributed by atoms with E-state index < -0.39 is 23.8 Å². The normalized spacial score (nSPS) is 26.8. The lowest BCUT2D eigenvalue weighted by atomic mass is 9.85. The van der Waals surface area contributed by atoms with Gasteiger partial charge in [-0.1, -0.05) is 11.6 Å². The topological polar surface area (TPSA) is 77.8 Å². The molecule has 0 bridgehead atoms. The fourth-order valence-corrected chi connectivity index (χ4v) is 2.17. The number of carboxylic acid groups (broad SMARTS) is 2. The van der Waals surface area contributed by atoms with E-state index >= 15 is 0 Å². The Labute approximate surface area is 105 Å². The van der Waals surface area contributed by atoms with Crippen molar-refractivity contribution in [3.63, 3.8) is 0 Å². The van der Waals surface area contributed by atoms with Crippen molar-refractivity contribution in [1.29, 1.82) is 0 Å². The molecule has 2 N–H and O–H groups in total. The van der Waals surface area contributed by atoms with Crippen molar-refractivity contribution in [3.8, 4) is 0 Å². The lowest BCUT2D eigenvalue weighted by Gasteiger charge is -2.34. The monoisotopic (exact) mass is 261 g/mol. The second-order valence-corrected chi connectivity index (χ2v) is 4.59. The lowest BCUT2D eigenvalue weighted by molar-refractivity contribution is -0.157. The molecule has 0 radical (unpaired) electrons. The maximum absolute atomic E-state index is 11.0. The van der Waals surface area contributed by atoms with Gasteiger partial charge in [0.1, 0.15) is 0 Å². The summed E-state index contributed by atoms with van der Waals surface area (Å²) in [5, 5.41) is 18.0. The largest absolute Gasteiger partial charge is 0.481 e. The van der Waals surface area contributed by atoms with E-state index in [0.717, 1.165) is 5.57 Å². The lowest BCUT2D eigenvalue weighted by Crippen LogP contribution is -2.46. The number of halogens is 1. The SMILES string of the molecule is CC(=CCl)CN1CCC(C(=O)O)C(C(=O)O)C1. The van der Waals surface area contributed by atoms with Crippen molar-refractivity contribution in [2.45, 2.75) is 13.3 Å². The molecule has 1 rings (SSSR count). The molecule has 1 aliphatic heterocycles. The van der Waals surface area contributed by atoms with Crippen LogP contribution in [0.2, 0.25) is 0 Å². The number of likely N-dealkylation sites (tertiary alicyclic amines) is 1. The molecule has 17 heavy (non-hydrogen) atoms. The van der Waals surface area contributed by atoms with Crippen molar-refractivity contribution in [2.24, 2.45) is 11.8 Å². The van der Waals surface area contributed by atoms with Crippen LogP contribution in [0.3, 0.4) is 0 Å². The molecule has 1 fully saturated rings. The van der Waals surface area contributed by atoms with Crippen molar-refractivity contribution in [3.05, 3.63) is 11.1 Å². The molecule has 0 amide bonds. The van der Waals surface area contributed by atoms with Crippen molar-refractivity contribution >= 4 is 23.5 Å². The molecule has 2 atom stereocenters. The van der Waals surface area contributed by atoms with Gasteiger partial charge in [0.15, 0.2) is 0 Å². The molecular weight excluding hydrogens is 246 g/mol. The van der Waals surface area contributed by atoms with E-state index in [9.17, 15) is 9.59 Å². The van der Waals surface area contributed by atoms with E-state index in [4.69, 9.17) is 21.8 Å². The van der Waals surface area contributed by atoms with Crippen LogP contribution in [-0.2, 0) is 9.59 Å². The molecule has 1 heterocycles. The number of hydrogen-bond donors (Lipinski definition) is 2. The van der Waals surface area contributed by atoms with Crippen LogP contribution < -0.4 is 0 Å². The summed E-state index contributed by atoms with van der Waals surface area (Å²) in [6.45, 7) is 3.28. The minimum Gasteiger partial charge on any atom is -0.481 e. The predicted molar refractivity (Wildman–Crippen MR) is 62.9 cm³/mol. The highest BCUT2D eigenvalue weighted by molar-refractivity contribution is 6.25. The van der Waals surface area contributed by atoms with Gasteiger partial charge in [0.2, 0.25) is 0 Å². The first-order chi connectivity index (χ1) is 7.95. The van der Waals surface area contributed by atoms with E-state index in [2.05, 4.69) is 0 Å². The zero-order valence-electron chi connectivity index (χ0n) is 9.60. The fraction of sp³-hybridized carbons (Fsp3) is 0.636. The van der Waals surface area contributed by atoms with Crippen LogP contribution in [0.25, 0.3) is 0 Å². The number of piperidine rings is 1. The van der Waals surface area contributed by atoms with Crippen molar-refractivity contribution in [2.75, 3.05) is 19.6 Å². The standard InChI is InChI=1S/C11H16ClNO4/c1-7(4-12)5-13-3-2-8(10(14)15)9(6-13)11(16)17/h4,8-9H,2-3,5-6H2,1H3,(H,14,15)(H,16,17). The number of hydrogen-bond acceptors (Lipinski definition) is 3. The van der Waals surface area contributed by atoms with Crippen LogP contribution >= 0.6 is 11.6 Å². The summed E-state index contributed by atoms with van der Waals surface area (Å²) < 4.78 is 0. The molecular formula is C11H16ClNO4. The van der Waals surface area contributed by atoms with Gasteiger partial charge < -0.3 is 10.2 Å². The summed E-state index contributed by atoms with van der Waals surface area (Å²) in [6.07, 6.45) is 0.363. The van der Waals surface area contributed by atoms with E-state index in [0.29, 0.717) is 19.5 Å². The fourth-order valence-electron chi connectivity index (χ4n) is 2.10. The quantitative estimate of drug-likeness (QED) is 0.796. The number of rotatable bonds is 4. The van der Waals surface area contributed by atoms with Gasteiger partial charge in [-0.3, -0.25) is 14.5 Å². The van der Waals surface area contributed by atoms with Gasteiger partial charge in [0.05, 0.1) is 11.8 Å². The summed E-state index contributed by atoms with van der Waals surface area (Å²) in [6, 6.07) is 0. The predicted octanol–water partition coefficient (Wildman–Crippen LogP) is 1.24. The summed E-state index contributed by atoms with van der Waals surface area (Å²) in [7, 11) is 0. The second-order valence-electron chi connectivity index (χ2n) is 4.37. The molecule has 0 aliphatic carbocycles. The van der Waals surface area contributed by atoms with E-state index in [1.54, 1.807) is 0 Å². The molecule has 0 aromatic rings. The number of carbonyl (C=O) groups is 2. The first kappa shape index (κ1) is 14.0. The Morgan fingerprint density at radius 1 is 1.35 bits per heavy atom. The number of carboxylic acids is 2. The number of aliphatic carboxylic acids is 2. The average molecular weight is 262 g/mol. The first-order valence-electron chi connectivity index (χ1n) is 5.39. The molecule has 5 nitrogen and oxygen atoms in total. The average Bonchev–Trinajstić information content (AvgIpc) is 2.28. The molecule has 0 aromatic heterocycles. The van der Waals surface area contributed by atoms with Crippen LogP contribution in [0.15, 0.2) is 11.1 Å². The Morgan fingerprint density at radius 2 is 1.94 bits per heavy atom. The zero-order valence-corrected chi connectivity index (χ0v) is 10.4. The summed E-state index contributed by atoms with van der Waals surface area (Å²) in [5.41, 5.74) is 2.39. The van der Waals surface area contributed by atoms with Gasteiger partial charge in [0.25, 0.3) is 0 Å². The minimum atomic E-state index is -1.05. The van der Waals surface area contributed by atoms with Crippen LogP contribution in [0.1, 0.15) is 13.3 Å². The Bertz CT molecular complexity index is 342. The van der Waals surface area contributed by atoms with Gasteiger partial charge in [-0.15, -0.1) is 0 Å². The van der Waals surface area contributed by atoms with Crippen LogP contribution in [0.5, 0.6) is 0 Å². The smallest absolute Gasteiger partial charge is 0.308 e. The van der Waals surface area contributed by atoms with E-state index in [1.807, 2.05) is 11.8 Å². The molecule has 2 unspecified atom stereocenters. The third-order valence-corrected chi connectivity index (χ3v) is 3.36. The third kappa shape index (κ3) is 3.71. The highest BCUT2D eigenvalue weighted by Crippen LogP contribution is 2.24. The second kappa shape index (κ2) is 6.02. The van der Waals surface area contributed by atoms with Crippen molar-refractivity contribution < 1.29 is 19.8 Å². The zero-order chi connectivity index (χ0) is 13.0. The minimum absolute atomic E-state index is 0.258. The Kier molecular flexibility index (Phi) is 4.96. The summed E-state index contributed by atoms with van der Waals surface area (Å²) >= 11 is 5.55. The Hall–Kier alpha value is -1.07. The molecule has 0 aromatic carbocycles. The van der Waals surface area contributed by atoms with Crippen LogP contribution in [0.4, 0.5) is 0 Å². The van der Waals surface area contributed by atoms with Gasteiger partial charge in [0, 0.05) is 18.6 Å². The van der Waals surface area contributed by atoms with Gasteiger partial charge in [-0.25, -0.2) is 0 Å². The highest BCUT2D eigenvalue weighted by Gasteiger charge is 2.38. The molecule has 6 heteroatoms. The summed E-state index contributed by atoms with van der Waals surface area (Å²) in [4.78, 5) is 23.9. The van der Waals surface area contributed by atoms with E-state index in [-0.39, 0.29) is 6.54 Å². The van der Waals surface area contributed by atoms with Gasteiger partial charge >= 0.3 is 11.9 Å². The molecule has 96 valence electrons. The first-order valence-corrected chi connectivity index (χ1v) is 5.83.